The molecule has 2 aromatic carbocycles. The van der Waals surface area contributed by atoms with Gasteiger partial charge in [-0.2, -0.15) is 0 Å². The molecular weight excluding hydrogens is 362 g/mol. The summed E-state index contributed by atoms with van der Waals surface area (Å²) in [5.41, 5.74) is 2.94. The lowest BCUT2D eigenvalue weighted by Gasteiger charge is -2.26. The zero-order valence-electron chi connectivity index (χ0n) is 16.6. The molecule has 2 rings (SSSR count). The highest BCUT2D eigenvalue weighted by molar-refractivity contribution is 6.32. The lowest BCUT2D eigenvalue weighted by atomic mass is 10.0. The molecule has 5 nitrogen and oxygen atoms in total. The van der Waals surface area contributed by atoms with E-state index in [1.165, 1.54) is 5.56 Å². The van der Waals surface area contributed by atoms with Crippen LogP contribution in [0, 0.1) is 0 Å². The Kier molecular flexibility index (Phi) is 7.66. The van der Waals surface area contributed by atoms with Gasteiger partial charge >= 0.3 is 0 Å². The molecule has 146 valence electrons. The number of halogens is 1. The zero-order chi connectivity index (χ0) is 20.0. The highest BCUT2D eigenvalue weighted by Gasteiger charge is 2.15. The van der Waals surface area contributed by atoms with Gasteiger partial charge in [0.2, 0.25) is 0 Å². The Morgan fingerprint density at radius 1 is 1.11 bits per heavy atom. The van der Waals surface area contributed by atoms with Crippen LogP contribution in [-0.2, 0) is 0 Å². The Hall–Kier alpha value is -2.08. The standard InChI is InChI=1S/C21H28ClN3O2/c1-24(2)17-9-6-15(7-10-17)19(25(3)4)13-23-14-20(26)16-8-11-21(27-5)18(22)12-16/h6-12,19,23H,13-14H2,1-5H3. The monoisotopic (exact) mass is 389 g/mol. The molecular formula is C21H28ClN3O2. The Balaban J connectivity index is 1.98. The number of hydrogen-bond acceptors (Lipinski definition) is 5. The van der Waals surface area contributed by atoms with Gasteiger partial charge in [0.05, 0.1) is 18.7 Å². The van der Waals surface area contributed by atoms with Crippen LogP contribution in [0.4, 0.5) is 5.69 Å². The van der Waals surface area contributed by atoms with Crippen molar-refractivity contribution in [1.29, 1.82) is 0 Å². The van der Waals surface area contributed by atoms with Gasteiger partial charge < -0.3 is 19.9 Å². The van der Waals surface area contributed by atoms with Crippen molar-refractivity contribution in [2.24, 2.45) is 0 Å². The fourth-order valence-corrected chi connectivity index (χ4v) is 3.12. The highest BCUT2D eigenvalue weighted by Crippen LogP contribution is 2.25. The minimum Gasteiger partial charge on any atom is -0.495 e. The predicted molar refractivity (Wildman–Crippen MR) is 112 cm³/mol. The molecule has 0 aliphatic carbocycles. The summed E-state index contributed by atoms with van der Waals surface area (Å²) in [6.45, 7) is 0.923. The average molecular weight is 390 g/mol. The number of anilines is 1. The summed E-state index contributed by atoms with van der Waals surface area (Å²) in [7, 11) is 9.68. The van der Waals surface area contributed by atoms with Crippen molar-refractivity contribution >= 4 is 23.1 Å². The third-order valence-corrected chi connectivity index (χ3v) is 4.81. The van der Waals surface area contributed by atoms with Crippen molar-refractivity contribution < 1.29 is 9.53 Å². The van der Waals surface area contributed by atoms with Crippen LogP contribution in [0.25, 0.3) is 0 Å². The largest absolute Gasteiger partial charge is 0.495 e. The normalized spacial score (nSPS) is 12.1. The molecule has 0 saturated heterocycles. The molecule has 0 spiro atoms. The first-order chi connectivity index (χ1) is 12.8. The van der Waals surface area contributed by atoms with E-state index in [1.807, 2.05) is 28.2 Å². The van der Waals surface area contributed by atoms with E-state index in [0.717, 1.165) is 5.69 Å². The predicted octanol–water partition coefficient (Wildman–Crippen LogP) is 3.49. The Bertz CT molecular complexity index is 761. The van der Waals surface area contributed by atoms with Crippen LogP contribution in [0.3, 0.4) is 0 Å². The van der Waals surface area contributed by atoms with Crippen molar-refractivity contribution in [3.8, 4) is 5.75 Å². The molecule has 0 fully saturated rings. The minimum atomic E-state index is 0.0000138. The molecule has 0 aromatic heterocycles. The Morgan fingerprint density at radius 3 is 2.30 bits per heavy atom. The van der Waals surface area contributed by atoms with Crippen LogP contribution in [0.5, 0.6) is 5.75 Å². The maximum Gasteiger partial charge on any atom is 0.176 e. The van der Waals surface area contributed by atoms with Crippen LogP contribution in [-0.4, -0.2) is 59.1 Å². The minimum absolute atomic E-state index is 0.0000138. The molecule has 1 atom stereocenters. The highest BCUT2D eigenvalue weighted by atomic mass is 35.5. The lowest BCUT2D eigenvalue weighted by Crippen LogP contribution is -2.33. The van der Waals surface area contributed by atoms with Crippen molar-refractivity contribution in [1.82, 2.24) is 10.2 Å². The summed E-state index contributed by atoms with van der Waals surface area (Å²) in [5.74, 6) is 0.565. The molecule has 1 unspecified atom stereocenters. The van der Waals surface area contributed by atoms with Crippen LogP contribution < -0.4 is 15.0 Å². The summed E-state index contributed by atoms with van der Waals surface area (Å²) in [5, 5.41) is 3.71. The lowest BCUT2D eigenvalue weighted by molar-refractivity contribution is 0.0988. The maximum atomic E-state index is 12.4. The van der Waals surface area contributed by atoms with Gasteiger partial charge in [-0.15, -0.1) is 0 Å². The Labute approximate surface area is 166 Å². The van der Waals surface area contributed by atoms with Gasteiger partial charge in [0.1, 0.15) is 5.75 Å². The molecule has 0 aliphatic heterocycles. The van der Waals surface area contributed by atoms with Crippen LogP contribution in [0.2, 0.25) is 5.02 Å². The number of rotatable bonds is 9. The van der Waals surface area contributed by atoms with E-state index >= 15 is 0 Å². The van der Waals surface area contributed by atoms with Crippen molar-refractivity contribution in [2.45, 2.75) is 6.04 Å². The molecule has 0 saturated carbocycles. The van der Waals surface area contributed by atoms with Crippen molar-refractivity contribution in [2.75, 3.05) is 53.3 Å². The summed E-state index contributed by atoms with van der Waals surface area (Å²) in [6, 6.07) is 13.7. The van der Waals surface area contributed by atoms with Gasteiger partial charge in [-0.3, -0.25) is 4.79 Å². The molecule has 0 heterocycles. The summed E-state index contributed by atoms with van der Waals surface area (Å²) >= 11 is 6.11. The van der Waals surface area contributed by atoms with E-state index in [2.05, 4.69) is 39.4 Å². The summed E-state index contributed by atoms with van der Waals surface area (Å²) in [6.07, 6.45) is 0. The first-order valence-corrected chi connectivity index (χ1v) is 9.22. The molecule has 0 amide bonds. The van der Waals surface area contributed by atoms with E-state index in [1.54, 1.807) is 25.3 Å². The number of benzene rings is 2. The maximum absolute atomic E-state index is 12.4. The number of nitrogens with one attached hydrogen (secondary N) is 1. The number of carbonyl (C=O) groups excluding carboxylic acids is 1. The fraction of sp³-hybridized carbons (Fsp3) is 0.381. The van der Waals surface area contributed by atoms with E-state index in [9.17, 15) is 4.79 Å². The molecule has 0 bridgehead atoms. The van der Waals surface area contributed by atoms with Crippen LogP contribution >= 0.6 is 11.6 Å². The number of nitrogens with zero attached hydrogens (tertiary/aromatic N) is 2. The molecule has 27 heavy (non-hydrogen) atoms. The number of carbonyl (C=O) groups is 1. The van der Waals surface area contributed by atoms with Gasteiger partial charge in [-0.05, 0) is 50.0 Å². The van der Waals surface area contributed by atoms with Gasteiger partial charge in [0.15, 0.2) is 5.78 Å². The molecule has 0 aliphatic rings. The third kappa shape index (κ3) is 5.70. The fourth-order valence-electron chi connectivity index (χ4n) is 2.86. The van der Waals surface area contributed by atoms with Gasteiger partial charge in [0.25, 0.3) is 0 Å². The topological polar surface area (TPSA) is 44.8 Å². The average Bonchev–Trinajstić information content (AvgIpc) is 2.64. The van der Waals surface area contributed by atoms with Crippen LogP contribution in [0.1, 0.15) is 22.0 Å². The number of likely N-dealkylation sites (N-methyl/N-ethyl adjacent to an activating group) is 1. The second-order valence-electron chi connectivity index (χ2n) is 6.87. The van der Waals surface area contributed by atoms with Gasteiger partial charge in [0, 0.05) is 37.9 Å². The van der Waals surface area contributed by atoms with E-state index in [-0.39, 0.29) is 18.4 Å². The van der Waals surface area contributed by atoms with E-state index < -0.39 is 0 Å². The van der Waals surface area contributed by atoms with E-state index in [0.29, 0.717) is 22.9 Å². The molecule has 0 radical (unpaired) electrons. The first-order valence-electron chi connectivity index (χ1n) is 8.84. The van der Waals surface area contributed by atoms with Gasteiger partial charge in [-0.1, -0.05) is 23.7 Å². The number of ketones is 1. The SMILES string of the molecule is COc1ccc(C(=O)CNCC(c2ccc(N(C)C)cc2)N(C)C)cc1Cl. The Morgan fingerprint density at radius 2 is 1.78 bits per heavy atom. The molecule has 1 N–H and O–H groups in total. The summed E-state index contributed by atoms with van der Waals surface area (Å²) in [4.78, 5) is 16.6. The zero-order valence-corrected chi connectivity index (χ0v) is 17.4. The molecule has 2 aromatic rings. The smallest absolute Gasteiger partial charge is 0.176 e. The molecule has 6 heteroatoms. The second-order valence-corrected chi connectivity index (χ2v) is 7.28. The van der Waals surface area contributed by atoms with Gasteiger partial charge in [-0.25, -0.2) is 0 Å². The number of hydrogen-bond donors (Lipinski definition) is 1. The number of ether oxygens (including phenoxy) is 1. The third-order valence-electron chi connectivity index (χ3n) is 4.51. The number of Topliss-reactive ketones (excluding diaryl/α,β-unsaturated/α-hetero) is 1. The first kappa shape index (κ1) is 21.2. The van der Waals surface area contributed by atoms with Crippen molar-refractivity contribution in [3.63, 3.8) is 0 Å². The van der Waals surface area contributed by atoms with Crippen LogP contribution in [0.15, 0.2) is 42.5 Å². The summed E-state index contributed by atoms with van der Waals surface area (Å²) < 4.78 is 5.12. The van der Waals surface area contributed by atoms with E-state index in [4.69, 9.17) is 16.3 Å². The van der Waals surface area contributed by atoms with Crippen molar-refractivity contribution in [3.05, 3.63) is 58.6 Å². The second kappa shape index (κ2) is 9.74. The number of methoxy groups -OCH3 is 1. The quantitative estimate of drug-likeness (QED) is 0.665.